The van der Waals surface area contributed by atoms with Gasteiger partial charge in [-0.2, -0.15) is 0 Å². The molecule has 0 aliphatic rings. The summed E-state index contributed by atoms with van der Waals surface area (Å²) in [5.74, 6) is 2.55. The number of hydrogen-bond acceptors (Lipinski definition) is 5. The fourth-order valence-electron chi connectivity index (χ4n) is 2.95. The van der Waals surface area contributed by atoms with E-state index in [1.54, 1.807) is 26.5 Å². The van der Waals surface area contributed by atoms with Gasteiger partial charge in [-0.3, -0.25) is 4.79 Å². The first-order valence-corrected chi connectivity index (χ1v) is 9.12. The van der Waals surface area contributed by atoms with Crippen LogP contribution in [0.3, 0.4) is 0 Å². The van der Waals surface area contributed by atoms with Gasteiger partial charge in [0.05, 0.1) is 26.5 Å². The molecule has 0 aliphatic carbocycles. The number of nitrogens with zero attached hydrogens (tertiary/aromatic N) is 1. The SMILES string of the molecule is COc1ccc(C(C)NC(=O)CCc2ncc(-c3ccccc3)o2)c(OC)c1. The number of amides is 1. The van der Waals surface area contributed by atoms with Crippen LogP contribution in [0.25, 0.3) is 11.3 Å². The Morgan fingerprint density at radius 2 is 1.93 bits per heavy atom. The number of carbonyl (C=O) groups is 1. The molecule has 6 nitrogen and oxygen atoms in total. The van der Waals surface area contributed by atoms with Crippen LogP contribution in [-0.2, 0) is 11.2 Å². The van der Waals surface area contributed by atoms with Crippen molar-refractivity contribution in [1.82, 2.24) is 10.3 Å². The minimum atomic E-state index is -0.196. The van der Waals surface area contributed by atoms with Crippen molar-refractivity contribution in [2.45, 2.75) is 25.8 Å². The van der Waals surface area contributed by atoms with E-state index in [0.29, 0.717) is 29.6 Å². The topological polar surface area (TPSA) is 73.6 Å². The Hall–Kier alpha value is -3.28. The van der Waals surface area contributed by atoms with Crippen LogP contribution in [0.1, 0.15) is 30.8 Å². The first kappa shape index (κ1) is 19.5. The third kappa shape index (κ3) is 4.71. The molecule has 0 bridgehead atoms. The van der Waals surface area contributed by atoms with E-state index in [1.807, 2.05) is 49.4 Å². The van der Waals surface area contributed by atoms with Crippen molar-refractivity contribution in [3.8, 4) is 22.8 Å². The second-order valence-corrected chi connectivity index (χ2v) is 6.38. The molecule has 0 radical (unpaired) electrons. The summed E-state index contributed by atoms with van der Waals surface area (Å²) in [5.41, 5.74) is 1.85. The monoisotopic (exact) mass is 380 g/mol. The maximum absolute atomic E-state index is 12.4. The maximum Gasteiger partial charge on any atom is 0.220 e. The van der Waals surface area contributed by atoms with Crippen molar-refractivity contribution < 1.29 is 18.7 Å². The fourth-order valence-corrected chi connectivity index (χ4v) is 2.95. The molecule has 0 saturated heterocycles. The lowest BCUT2D eigenvalue weighted by Crippen LogP contribution is -2.27. The fraction of sp³-hybridized carbons (Fsp3) is 0.273. The highest BCUT2D eigenvalue weighted by Gasteiger charge is 2.16. The minimum absolute atomic E-state index is 0.0789. The van der Waals surface area contributed by atoms with E-state index in [0.717, 1.165) is 11.1 Å². The summed E-state index contributed by atoms with van der Waals surface area (Å²) < 4.78 is 16.4. The average Bonchev–Trinajstić information content (AvgIpc) is 3.21. The molecular formula is C22H24N2O4. The lowest BCUT2D eigenvalue weighted by atomic mass is 10.1. The van der Waals surface area contributed by atoms with Crippen LogP contribution in [0.2, 0.25) is 0 Å². The third-order valence-corrected chi connectivity index (χ3v) is 4.46. The molecule has 0 spiro atoms. The Morgan fingerprint density at radius 3 is 2.64 bits per heavy atom. The normalized spacial score (nSPS) is 11.7. The van der Waals surface area contributed by atoms with E-state index >= 15 is 0 Å². The number of oxazole rings is 1. The highest BCUT2D eigenvalue weighted by atomic mass is 16.5. The first-order valence-electron chi connectivity index (χ1n) is 9.12. The van der Waals surface area contributed by atoms with Crippen LogP contribution in [0, 0.1) is 0 Å². The molecule has 0 saturated carbocycles. The molecule has 1 N–H and O–H groups in total. The summed E-state index contributed by atoms with van der Waals surface area (Å²) in [5, 5.41) is 2.99. The van der Waals surface area contributed by atoms with Gasteiger partial charge in [0, 0.05) is 30.0 Å². The van der Waals surface area contributed by atoms with Gasteiger partial charge >= 0.3 is 0 Å². The van der Waals surface area contributed by atoms with Gasteiger partial charge in [0.25, 0.3) is 0 Å². The Balaban J connectivity index is 1.57. The molecule has 0 fully saturated rings. The van der Waals surface area contributed by atoms with E-state index in [-0.39, 0.29) is 18.4 Å². The van der Waals surface area contributed by atoms with Crippen molar-refractivity contribution in [3.05, 3.63) is 66.2 Å². The summed E-state index contributed by atoms with van der Waals surface area (Å²) in [6.07, 6.45) is 2.41. The molecule has 3 aromatic rings. The second-order valence-electron chi connectivity index (χ2n) is 6.38. The smallest absolute Gasteiger partial charge is 0.220 e. The van der Waals surface area contributed by atoms with Gasteiger partial charge in [-0.05, 0) is 19.1 Å². The van der Waals surface area contributed by atoms with E-state index in [1.165, 1.54) is 0 Å². The summed E-state index contributed by atoms with van der Waals surface area (Å²) in [6, 6.07) is 15.1. The van der Waals surface area contributed by atoms with Crippen LogP contribution in [-0.4, -0.2) is 25.1 Å². The zero-order valence-corrected chi connectivity index (χ0v) is 16.3. The molecule has 6 heteroatoms. The highest BCUT2D eigenvalue weighted by Crippen LogP contribution is 2.29. The second kappa shape index (κ2) is 9.08. The van der Waals surface area contributed by atoms with Crippen LogP contribution in [0.15, 0.2) is 59.1 Å². The molecule has 1 atom stereocenters. The Bertz CT molecular complexity index is 921. The highest BCUT2D eigenvalue weighted by molar-refractivity contribution is 5.76. The zero-order chi connectivity index (χ0) is 19.9. The van der Waals surface area contributed by atoms with Gasteiger partial charge in [0.15, 0.2) is 11.7 Å². The molecule has 1 amide bonds. The molecule has 2 aromatic carbocycles. The van der Waals surface area contributed by atoms with Gasteiger partial charge < -0.3 is 19.2 Å². The third-order valence-electron chi connectivity index (χ3n) is 4.46. The van der Waals surface area contributed by atoms with Crippen LogP contribution in [0.5, 0.6) is 11.5 Å². The van der Waals surface area contributed by atoms with Crippen LogP contribution in [0.4, 0.5) is 0 Å². The van der Waals surface area contributed by atoms with E-state index in [9.17, 15) is 4.79 Å². The predicted octanol–water partition coefficient (Wildman–Crippen LogP) is 4.17. The Morgan fingerprint density at radius 1 is 1.14 bits per heavy atom. The summed E-state index contributed by atoms with van der Waals surface area (Å²) in [7, 11) is 3.20. The summed E-state index contributed by atoms with van der Waals surface area (Å²) >= 11 is 0. The van der Waals surface area contributed by atoms with Crippen molar-refractivity contribution in [1.29, 1.82) is 0 Å². The Labute approximate surface area is 164 Å². The van der Waals surface area contributed by atoms with Crippen molar-refractivity contribution >= 4 is 5.91 Å². The molecule has 1 unspecified atom stereocenters. The summed E-state index contributed by atoms with van der Waals surface area (Å²) in [6.45, 7) is 1.92. The number of rotatable bonds is 8. The van der Waals surface area contributed by atoms with Gasteiger partial charge in [0.2, 0.25) is 5.91 Å². The Kier molecular flexibility index (Phi) is 6.32. The van der Waals surface area contributed by atoms with Gasteiger partial charge in [-0.1, -0.05) is 30.3 Å². The number of nitrogens with one attached hydrogen (secondary N) is 1. The standard InChI is InChI=1S/C22H24N2O4/c1-15(18-10-9-17(26-2)13-19(18)27-3)24-21(25)11-12-22-23-14-20(28-22)16-7-5-4-6-8-16/h4-10,13-15H,11-12H2,1-3H3,(H,24,25). The largest absolute Gasteiger partial charge is 0.497 e. The van der Waals surface area contributed by atoms with E-state index < -0.39 is 0 Å². The van der Waals surface area contributed by atoms with Crippen molar-refractivity contribution in [2.75, 3.05) is 14.2 Å². The van der Waals surface area contributed by atoms with Crippen molar-refractivity contribution in [2.24, 2.45) is 0 Å². The number of aromatic nitrogens is 1. The van der Waals surface area contributed by atoms with Gasteiger partial charge in [-0.15, -0.1) is 0 Å². The molecular weight excluding hydrogens is 356 g/mol. The number of aryl methyl sites for hydroxylation is 1. The molecule has 1 heterocycles. The van der Waals surface area contributed by atoms with Gasteiger partial charge in [0.1, 0.15) is 11.5 Å². The van der Waals surface area contributed by atoms with E-state index in [2.05, 4.69) is 10.3 Å². The number of benzene rings is 2. The maximum atomic E-state index is 12.4. The van der Waals surface area contributed by atoms with E-state index in [4.69, 9.17) is 13.9 Å². The lowest BCUT2D eigenvalue weighted by Gasteiger charge is -2.18. The zero-order valence-electron chi connectivity index (χ0n) is 16.3. The molecule has 0 aliphatic heterocycles. The van der Waals surface area contributed by atoms with Crippen LogP contribution >= 0.6 is 0 Å². The molecule has 1 aromatic heterocycles. The predicted molar refractivity (Wildman–Crippen MR) is 106 cm³/mol. The molecule has 3 rings (SSSR count). The quantitative estimate of drug-likeness (QED) is 0.635. The number of ether oxygens (including phenoxy) is 2. The molecule has 28 heavy (non-hydrogen) atoms. The minimum Gasteiger partial charge on any atom is -0.497 e. The van der Waals surface area contributed by atoms with Gasteiger partial charge in [-0.25, -0.2) is 4.98 Å². The first-order chi connectivity index (χ1) is 13.6. The number of methoxy groups -OCH3 is 2. The van der Waals surface area contributed by atoms with Crippen molar-refractivity contribution in [3.63, 3.8) is 0 Å². The molecule has 146 valence electrons. The summed E-state index contributed by atoms with van der Waals surface area (Å²) in [4.78, 5) is 16.6. The number of carbonyl (C=O) groups excluding carboxylic acids is 1. The number of hydrogen-bond donors (Lipinski definition) is 1. The lowest BCUT2D eigenvalue weighted by molar-refractivity contribution is -0.121. The average molecular weight is 380 g/mol. The van der Waals surface area contributed by atoms with Crippen LogP contribution < -0.4 is 14.8 Å².